The lowest BCUT2D eigenvalue weighted by molar-refractivity contribution is -0.145. The molecule has 5 aliphatic rings. The van der Waals surface area contributed by atoms with Crippen LogP contribution in [0.3, 0.4) is 0 Å². The number of benzene rings is 1. The smallest absolute Gasteiger partial charge is 0.289 e. The molecule has 4 amide bonds. The Morgan fingerprint density at radius 2 is 1.78 bits per heavy atom. The largest absolute Gasteiger partial charge is 0.381 e. The van der Waals surface area contributed by atoms with Crippen LogP contribution in [0.15, 0.2) is 30.3 Å². The molecule has 4 N–H and O–H groups in total. The molecule has 1 aromatic rings. The van der Waals surface area contributed by atoms with E-state index in [4.69, 9.17) is 21.2 Å². The monoisotopic (exact) mass is 711 g/mol. The van der Waals surface area contributed by atoms with Crippen LogP contribution in [0.5, 0.6) is 0 Å². The van der Waals surface area contributed by atoms with E-state index >= 15 is 0 Å². The molecule has 272 valence electrons. The first-order valence-corrected chi connectivity index (χ1v) is 18.8. The molecule has 3 heterocycles. The molecule has 2 saturated heterocycles. The predicted molar refractivity (Wildman–Crippen MR) is 186 cm³/mol. The summed E-state index contributed by atoms with van der Waals surface area (Å²) in [5.41, 5.74) is 3.37. The van der Waals surface area contributed by atoms with Crippen LogP contribution in [0.2, 0.25) is 5.02 Å². The number of hydrogen-bond donors (Lipinski definition) is 4. The summed E-state index contributed by atoms with van der Waals surface area (Å²) in [6, 6.07) is 4.42. The summed E-state index contributed by atoms with van der Waals surface area (Å²) in [5, 5.41) is 9.22. The zero-order valence-corrected chi connectivity index (χ0v) is 29.6. The van der Waals surface area contributed by atoms with Crippen LogP contribution < -0.4 is 21.4 Å². The summed E-state index contributed by atoms with van der Waals surface area (Å²) in [6.07, 6.45) is 11.0. The number of nitrogens with one attached hydrogen (secondary N) is 4. The Kier molecular flexibility index (Phi) is 11.8. The molecular formula is C37H50ClN5O7. The van der Waals surface area contributed by atoms with Crippen LogP contribution in [-0.4, -0.2) is 83.8 Å². The van der Waals surface area contributed by atoms with E-state index in [2.05, 4.69) is 21.4 Å². The average Bonchev–Trinajstić information content (AvgIpc) is 3.71. The van der Waals surface area contributed by atoms with E-state index < -0.39 is 41.3 Å². The minimum Gasteiger partial charge on any atom is -0.381 e. The number of hydroxylamine groups is 1. The van der Waals surface area contributed by atoms with Crippen molar-refractivity contribution in [1.82, 2.24) is 26.3 Å². The number of ether oxygens (including phenoxy) is 1. The molecule has 0 aromatic heterocycles. The summed E-state index contributed by atoms with van der Waals surface area (Å²) in [4.78, 5) is 76.1. The minimum absolute atomic E-state index is 0.00176. The number of carbonyl (C=O) groups excluding carboxylic acids is 5. The molecule has 12 nitrogen and oxygen atoms in total. The zero-order chi connectivity index (χ0) is 35.3. The molecule has 0 bridgehead atoms. The first-order chi connectivity index (χ1) is 24.1. The number of amides is 4. The second-order valence-electron chi connectivity index (χ2n) is 14.7. The van der Waals surface area contributed by atoms with Crippen molar-refractivity contribution in [2.24, 2.45) is 11.8 Å². The lowest BCUT2D eigenvalue weighted by Crippen LogP contribution is -2.58. The fourth-order valence-corrected chi connectivity index (χ4v) is 7.95. The Bertz CT molecular complexity index is 1470. The minimum atomic E-state index is -1.06. The topological polar surface area (TPSA) is 155 Å². The van der Waals surface area contributed by atoms with E-state index in [9.17, 15) is 24.0 Å². The van der Waals surface area contributed by atoms with Gasteiger partial charge in [-0.05, 0) is 75.0 Å². The molecule has 0 unspecified atom stereocenters. The summed E-state index contributed by atoms with van der Waals surface area (Å²) in [6.45, 7) is 3.17. The van der Waals surface area contributed by atoms with Crippen LogP contribution in [0.4, 0.5) is 0 Å². The lowest BCUT2D eigenvalue weighted by Gasteiger charge is -2.35. The fraction of sp³-hybridized carbons (Fsp3) is 0.649. The van der Waals surface area contributed by atoms with Crippen molar-refractivity contribution in [1.29, 1.82) is 0 Å². The third-order valence-corrected chi connectivity index (χ3v) is 10.9. The number of nitrogens with zero attached hydrogens (tertiary/aromatic N) is 1. The van der Waals surface area contributed by atoms with Gasteiger partial charge >= 0.3 is 0 Å². The predicted octanol–water partition coefficient (Wildman–Crippen LogP) is 3.57. The van der Waals surface area contributed by atoms with Gasteiger partial charge < -0.3 is 25.6 Å². The number of carbonyl (C=O) groups is 5. The van der Waals surface area contributed by atoms with Crippen LogP contribution in [-0.2, 0) is 33.5 Å². The number of rotatable bonds is 13. The Morgan fingerprint density at radius 1 is 1.02 bits per heavy atom. The number of ketones is 1. The van der Waals surface area contributed by atoms with Crippen LogP contribution in [0, 0.1) is 11.8 Å². The number of Topliss-reactive ketones (excluding diaryl/α,β-unsaturated/α-hetero) is 1. The molecule has 0 radical (unpaired) electrons. The Labute approximate surface area is 298 Å². The van der Waals surface area contributed by atoms with Gasteiger partial charge in [0, 0.05) is 42.7 Å². The molecule has 1 aromatic carbocycles. The zero-order valence-electron chi connectivity index (χ0n) is 28.8. The highest BCUT2D eigenvalue weighted by Crippen LogP contribution is 2.39. The van der Waals surface area contributed by atoms with Crippen molar-refractivity contribution in [3.63, 3.8) is 0 Å². The quantitative estimate of drug-likeness (QED) is 0.227. The highest BCUT2D eigenvalue weighted by atomic mass is 35.5. The maximum Gasteiger partial charge on any atom is 0.289 e. The van der Waals surface area contributed by atoms with Crippen molar-refractivity contribution in [3.8, 4) is 0 Å². The fourth-order valence-electron chi connectivity index (χ4n) is 7.76. The summed E-state index contributed by atoms with van der Waals surface area (Å²) in [7, 11) is 0. The van der Waals surface area contributed by atoms with Crippen LogP contribution in [0.25, 0.3) is 5.70 Å². The van der Waals surface area contributed by atoms with E-state index in [0.717, 1.165) is 63.4 Å². The molecule has 2 saturated carbocycles. The molecule has 4 atom stereocenters. The van der Waals surface area contributed by atoms with Gasteiger partial charge in [0.2, 0.25) is 23.5 Å². The van der Waals surface area contributed by atoms with Crippen LogP contribution in [0.1, 0.15) is 96.0 Å². The number of hydrogen-bond acceptors (Lipinski definition) is 8. The highest BCUT2D eigenvalue weighted by Gasteiger charge is 2.53. The van der Waals surface area contributed by atoms with Gasteiger partial charge in [-0.1, -0.05) is 56.3 Å². The first-order valence-electron chi connectivity index (χ1n) is 18.4. The number of likely N-dealkylation sites (tertiary alicyclic amines) is 1. The molecule has 1 spiro atoms. The van der Waals surface area contributed by atoms with Gasteiger partial charge in [-0.3, -0.25) is 34.3 Å². The Hall–Kier alpha value is -3.48. The summed E-state index contributed by atoms with van der Waals surface area (Å²) in [5.74, 6) is -2.33. The van der Waals surface area contributed by atoms with Gasteiger partial charge in [0.25, 0.3) is 5.91 Å². The van der Waals surface area contributed by atoms with Gasteiger partial charge in [-0.2, -0.15) is 0 Å². The summed E-state index contributed by atoms with van der Waals surface area (Å²) >= 11 is 6.27. The van der Waals surface area contributed by atoms with Crippen molar-refractivity contribution in [2.45, 2.75) is 120 Å². The highest BCUT2D eigenvalue weighted by molar-refractivity contribution is 6.38. The second-order valence-corrected chi connectivity index (χ2v) is 15.1. The Balaban J connectivity index is 1.26. The van der Waals surface area contributed by atoms with Crippen molar-refractivity contribution < 1.29 is 33.5 Å². The normalized spacial score (nSPS) is 25.4. The van der Waals surface area contributed by atoms with E-state index in [-0.39, 0.29) is 49.1 Å². The van der Waals surface area contributed by atoms with Crippen molar-refractivity contribution >= 4 is 46.7 Å². The van der Waals surface area contributed by atoms with E-state index in [1.54, 1.807) is 12.1 Å². The SMILES string of the molecule is CCC[C@H](NC(=O)[C@@H]1C[C@]2(C=C(c3cccc(Cl)c3)NO2)CN1C(=O)[C@@H](NC(=O)CC1CCOCC1)C1CCCCC1)C(=O)C(=O)NC1CC1. The number of halogens is 1. The van der Waals surface area contributed by atoms with Gasteiger partial charge in [0.1, 0.15) is 17.7 Å². The molecule has 50 heavy (non-hydrogen) atoms. The second kappa shape index (κ2) is 16.2. The molecule has 6 rings (SSSR count). The van der Waals surface area contributed by atoms with Gasteiger partial charge in [0.15, 0.2) is 0 Å². The maximum absolute atomic E-state index is 14.8. The molecule has 3 aliphatic heterocycles. The van der Waals surface area contributed by atoms with Crippen molar-refractivity contribution in [2.75, 3.05) is 19.8 Å². The van der Waals surface area contributed by atoms with Crippen LogP contribution >= 0.6 is 11.6 Å². The van der Waals surface area contributed by atoms with E-state index in [1.807, 2.05) is 25.1 Å². The Morgan fingerprint density at radius 3 is 2.48 bits per heavy atom. The maximum atomic E-state index is 14.8. The lowest BCUT2D eigenvalue weighted by atomic mass is 9.83. The van der Waals surface area contributed by atoms with Gasteiger partial charge in [-0.15, -0.1) is 0 Å². The van der Waals surface area contributed by atoms with Crippen molar-refractivity contribution in [3.05, 3.63) is 40.9 Å². The van der Waals surface area contributed by atoms with Gasteiger partial charge in [-0.25, -0.2) is 0 Å². The molecule has 13 heteroatoms. The molecule has 4 fully saturated rings. The molecule has 2 aliphatic carbocycles. The van der Waals surface area contributed by atoms with E-state index in [1.165, 1.54) is 4.90 Å². The van der Waals surface area contributed by atoms with E-state index in [0.29, 0.717) is 36.8 Å². The third-order valence-electron chi connectivity index (χ3n) is 10.7. The average molecular weight is 712 g/mol. The van der Waals surface area contributed by atoms with Gasteiger partial charge in [0.05, 0.1) is 18.3 Å². The molecular weight excluding hydrogens is 662 g/mol. The third kappa shape index (κ3) is 8.87. The standard InChI is InChI=1S/C37H50ClN5O7/c1-2-7-28(33(45)35(47)39-27-12-13-27)40-34(46)30-21-37(20-29(42-50-37)25-10-6-11-26(38)19-25)22-43(30)36(48)32(24-8-4-3-5-9-24)41-31(44)18-23-14-16-49-17-15-23/h6,10-11,19-20,23-24,27-28,30,32,42H,2-5,7-9,12-18,21-22H2,1H3,(H,39,47)(H,40,46)(H,41,44)/t28-,30-,32-,37+/m0/s1. The summed E-state index contributed by atoms with van der Waals surface area (Å²) < 4.78 is 5.47. The first kappa shape index (κ1) is 36.3.